The number of carbonyl (C=O) groups is 1. The fourth-order valence-corrected chi connectivity index (χ4v) is 2.77. The average molecular weight is 278 g/mol. The van der Waals surface area contributed by atoms with Crippen molar-refractivity contribution in [1.29, 1.82) is 0 Å². The minimum absolute atomic E-state index is 0.0511. The van der Waals surface area contributed by atoms with E-state index in [0.717, 1.165) is 32.1 Å². The molecular formula is C11H23N2O4P. The molecule has 0 aliphatic heterocycles. The Morgan fingerprint density at radius 2 is 2.00 bits per heavy atom. The second kappa shape index (κ2) is 7.12. The van der Waals surface area contributed by atoms with Crippen LogP contribution >= 0.6 is 7.52 Å². The van der Waals surface area contributed by atoms with Crippen molar-refractivity contribution in [3.63, 3.8) is 0 Å². The van der Waals surface area contributed by atoms with E-state index in [9.17, 15) is 14.3 Å². The lowest BCUT2D eigenvalue weighted by molar-refractivity contribution is 0.0672. The molecule has 1 amide bonds. The number of nitrogens with zero attached hydrogens (tertiary/aromatic N) is 1. The van der Waals surface area contributed by atoms with E-state index in [1.807, 2.05) is 0 Å². The maximum absolute atomic E-state index is 11.8. The zero-order valence-electron chi connectivity index (χ0n) is 11.1. The lowest BCUT2D eigenvalue weighted by Crippen LogP contribution is -2.49. The lowest BCUT2D eigenvalue weighted by atomic mass is 9.95. The molecule has 0 aromatic carbocycles. The van der Waals surface area contributed by atoms with Gasteiger partial charge < -0.3 is 9.63 Å². The highest BCUT2D eigenvalue weighted by Gasteiger charge is 2.31. The van der Waals surface area contributed by atoms with Gasteiger partial charge in [-0.25, -0.2) is 9.80 Å². The first-order valence-corrected chi connectivity index (χ1v) is 8.40. The SMILES string of the molecule is CCOC(=O)N(NP(=O)(O)CC)C1CCCCC1. The Hall–Kier alpha value is -0.580. The van der Waals surface area contributed by atoms with Crippen molar-refractivity contribution >= 4 is 13.6 Å². The molecule has 1 aliphatic rings. The van der Waals surface area contributed by atoms with Gasteiger partial charge in [0.1, 0.15) is 0 Å². The second-order valence-corrected chi connectivity index (χ2v) is 6.71. The first kappa shape index (κ1) is 15.5. The molecule has 0 bridgehead atoms. The summed E-state index contributed by atoms with van der Waals surface area (Å²) in [5, 5.41) is 3.70. The van der Waals surface area contributed by atoms with Gasteiger partial charge in [-0.1, -0.05) is 26.2 Å². The van der Waals surface area contributed by atoms with E-state index < -0.39 is 13.6 Å². The summed E-state index contributed by atoms with van der Waals surface area (Å²) >= 11 is 0. The van der Waals surface area contributed by atoms with Crippen LogP contribution in [0.25, 0.3) is 0 Å². The molecule has 1 saturated carbocycles. The van der Waals surface area contributed by atoms with Gasteiger partial charge in [0.25, 0.3) is 7.52 Å². The zero-order valence-corrected chi connectivity index (χ0v) is 12.0. The molecule has 0 spiro atoms. The third-order valence-electron chi connectivity index (χ3n) is 3.10. The van der Waals surface area contributed by atoms with Crippen molar-refractivity contribution in [2.24, 2.45) is 0 Å². The number of hydrazine groups is 1. The molecule has 0 radical (unpaired) electrons. The average Bonchev–Trinajstić information content (AvgIpc) is 2.37. The monoisotopic (exact) mass is 278 g/mol. The maximum atomic E-state index is 11.8. The van der Waals surface area contributed by atoms with Crippen molar-refractivity contribution < 1.29 is 19.0 Å². The van der Waals surface area contributed by atoms with Crippen LogP contribution in [-0.4, -0.2) is 34.8 Å². The highest BCUT2D eigenvalue weighted by molar-refractivity contribution is 7.55. The Kier molecular flexibility index (Phi) is 6.12. The number of hydrogen-bond acceptors (Lipinski definition) is 3. The van der Waals surface area contributed by atoms with Gasteiger partial charge in [0.15, 0.2) is 0 Å². The zero-order chi connectivity index (χ0) is 13.6. The summed E-state index contributed by atoms with van der Waals surface area (Å²) < 4.78 is 16.7. The number of amides is 1. The van der Waals surface area contributed by atoms with E-state index >= 15 is 0 Å². The standard InChI is InChI=1S/C11H23N2O4P/c1-3-17-11(14)13(12-18(15,16)4-2)10-8-6-5-7-9-10/h10H,3-9H2,1-2H3,(H2,12,15,16). The molecule has 1 atom stereocenters. The molecule has 1 aliphatic carbocycles. The normalized spacial score (nSPS) is 20.2. The van der Waals surface area contributed by atoms with Gasteiger partial charge in [0.05, 0.1) is 12.6 Å². The van der Waals surface area contributed by atoms with E-state index in [1.165, 1.54) is 5.01 Å². The predicted octanol–water partition coefficient (Wildman–Crippen LogP) is 2.49. The number of hydrogen-bond donors (Lipinski definition) is 2. The summed E-state index contributed by atoms with van der Waals surface area (Å²) in [6, 6.07) is -0.0511. The number of nitrogens with one attached hydrogen (secondary N) is 1. The van der Waals surface area contributed by atoms with Crippen LogP contribution in [0, 0.1) is 0 Å². The fraction of sp³-hybridized carbons (Fsp3) is 0.909. The summed E-state index contributed by atoms with van der Waals surface area (Å²) in [5.74, 6) is 0. The van der Waals surface area contributed by atoms with Crippen LogP contribution in [0.3, 0.4) is 0 Å². The van der Waals surface area contributed by atoms with Gasteiger partial charge in [-0.15, -0.1) is 0 Å². The fourth-order valence-electron chi connectivity index (χ4n) is 2.04. The van der Waals surface area contributed by atoms with Crippen molar-refractivity contribution in [3.8, 4) is 0 Å². The molecule has 0 saturated heterocycles. The molecule has 0 aromatic heterocycles. The molecular weight excluding hydrogens is 255 g/mol. The molecule has 1 rings (SSSR count). The Morgan fingerprint density at radius 1 is 1.39 bits per heavy atom. The molecule has 1 fully saturated rings. The van der Waals surface area contributed by atoms with E-state index in [0.29, 0.717) is 0 Å². The Bertz CT molecular complexity index is 318. The van der Waals surface area contributed by atoms with Crippen LogP contribution in [0.5, 0.6) is 0 Å². The first-order chi connectivity index (χ1) is 8.50. The van der Waals surface area contributed by atoms with Gasteiger partial charge in [-0.2, -0.15) is 5.20 Å². The summed E-state index contributed by atoms with van der Waals surface area (Å²) in [6.07, 6.45) is 4.42. The number of carbonyl (C=O) groups excluding carboxylic acids is 1. The molecule has 0 heterocycles. The molecule has 18 heavy (non-hydrogen) atoms. The van der Waals surface area contributed by atoms with E-state index in [2.05, 4.69) is 5.20 Å². The van der Waals surface area contributed by atoms with Crippen molar-refractivity contribution in [2.75, 3.05) is 12.8 Å². The Balaban J connectivity index is 2.73. The van der Waals surface area contributed by atoms with Gasteiger partial charge in [0, 0.05) is 6.16 Å². The van der Waals surface area contributed by atoms with Crippen molar-refractivity contribution in [1.82, 2.24) is 10.2 Å². The quantitative estimate of drug-likeness (QED) is 0.596. The molecule has 6 nitrogen and oxygen atoms in total. The van der Waals surface area contributed by atoms with E-state index in [-0.39, 0.29) is 18.8 Å². The maximum Gasteiger partial charge on any atom is 0.424 e. The minimum atomic E-state index is -3.50. The van der Waals surface area contributed by atoms with Crippen molar-refractivity contribution in [2.45, 2.75) is 52.0 Å². The summed E-state index contributed by atoms with van der Waals surface area (Å²) in [7, 11) is -3.50. The van der Waals surface area contributed by atoms with Crippen LogP contribution in [0.1, 0.15) is 46.0 Å². The molecule has 0 aromatic rings. The largest absolute Gasteiger partial charge is 0.449 e. The number of rotatable bonds is 5. The second-order valence-electron chi connectivity index (χ2n) is 4.48. The Morgan fingerprint density at radius 3 is 2.50 bits per heavy atom. The Labute approximate surface area is 108 Å². The third-order valence-corrected chi connectivity index (χ3v) is 4.48. The molecule has 1 unspecified atom stereocenters. The van der Waals surface area contributed by atoms with Crippen molar-refractivity contribution in [3.05, 3.63) is 0 Å². The summed E-state index contributed by atoms with van der Waals surface area (Å²) in [6.45, 7) is 3.58. The van der Waals surface area contributed by atoms with Gasteiger partial charge in [0.2, 0.25) is 0 Å². The summed E-state index contributed by atoms with van der Waals surface area (Å²) in [4.78, 5) is 21.5. The first-order valence-electron chi connectivity index (χ1n) is 6.56. The highest BCUT2D eigenvalue weighted by atomic mass is 31.2. The van der Waals surface area contributed by atoms with Crippen LogP contribution in [0.4, 0.5) is 4.79 Å². The van der Waals surface area contributed by atoms with Gasteiger partial charge in [-0.3, -0.25) is 4.57 Å². The van der Waals surface area contributed by atoms with Gasteiger partial charge >= 0.3 is 6.09 Å². The van der Waals surface area contributed by atoms with Crippen LogP contribution < -0.4 is 5.20 Å². The minimum Gasteiger partial charge on any atom is -0.449 e. The van der Waals surface area contributed by atoms with Crippen LogP contribution in [0.15, 0.2) is 0 Å². The van der Waals surface area contributed by atoms with Crippen LogP contribution in [0.2, 0.25) is 0 Å². The third kappa shape index (κ3) is 4.59. The van der Waals surface area contributed by atoms with E-state index in [1.54, 1.807) is 13.8 Å². The molecule has 106 valence electrons. The highest BCUT2D eigenvalue weighted by Crippen LogP contribution is 2.36. The predicted molar refractivity (Wildman–Crippen MR) is 69.2 cm³/mol. The summed E-state index contributed by atoms with van der Waals surface area (Å²) in [5.41, 5.74) is 0. The molecule has 7 heteroatoms. The van der Waals surface area contributed by atoms with E-state index in [4.69, 9.17) is 4.74 Å². The number of ether oxygens (including phenoxy) is 1. The van der Waals surface area contributed by atoms with Crippen LogP contribution in [-0.2, 0) is 9.30 Å². The molecule has 2 N–H and O–H groups in total. The van der Waals surface area contributed by atoms with Gasteiger partial charge in [-0.05, 0) is 19.8 Å². The lowest BCUT2D eigenvalue weighted by Gasteiger charge is -2.34. The topological polar surface area (TPSA) is 78.9 Å². The smallest absolute Gasteiger partial charge is 0.424 e.